The van der Waals surface area contributed by atoms with E-state index in [0.717, 1.165) is 23.1 Å². The van der Waals surface area contributed by atoms with Crippen LogP contribution in [0, 0.1) is 0 Å². The maximum atomic E-state index is 12.0. The van der Waals surface area contributed by atoms with Gasteiger partial charge in [-0.05, 0) is 34.4 Å². The van der Waals surface area contributed by atoms with Gasteiger partial charge in [-0.15, -0.1) is 0 Å². The molecule has 0 aliphatic carbocycles. The molecule has 0 aliphatic rings. The van der Waals surface area contributed by atoms with E-state index in [1.54, 1.807) is 18.5 Å². The van der Waals surface area contributed by atoms with Crippen molar-refractivity contribution in [2.45, 2.75) is 51.9 Å². The van der Waals surface area contributed by atoms with E-state index in [1.807, 2.05) is 32.9 Å². The van der Waals surface area contributed by atoms with Crippen LogP contribution in [0.15, 0.2) is 40.2 Å². The molecular formula is C18H24N2O2. The first kappa shape index (κ1) is 16.3. The number of nitrogens with one attached hydrogen (secondary N) is 2. The first-order chi connectivity index (χ1) is 10.1. The highest BCUT2D eigenvalue weighted by Crippen LogP contribution is 2.27. The summed E-state index contributed by atoms with van der Waals surface area (Å²) < 4.78 is 0. The lowest BCUT2D eigenvalue weighted by Crippen LogP contribution is -2.27. The minimum absolute atomic E-state index is 0.0295. The SMILES string of the molecule is CC(C)(C)c1cc(CC(C)(C)c2ccc(=O)[nH]c2)c[nH]c1=O. The van der Waals surface area contributed by atoms with Gasteiger partial charge in [-0.1, -0.05) is 40.7 Å². The monoisotopic (exact) mass is 300 g/mol. The number of aromatic nitrogens is 2. The van der Waals surface area contributed by atoms with Gasteiger partial charge in [0.2, 0.25) is 5.56 Å². The third-order valence-electron chi connectivity index (χ3n) is 3.98. The molecule has 118 valence electrons. The fourth-order valence-corrected chi connectivity index (χ4v) is 2.63. The van der Waals surface area contributed by atoms with Crippen molar-refractivity contribution in [1.29, 1.82) is 0 Å². The van der Waals surface area contributed by atoms with E-state index < -0.39 is 0 Å². The lowest BCUT2D eigenvalue weighted by Gasteiger charge is -2.26. The Morgan fingerprint density at radius 1 is 0.955 bits per heavy atom. The largest absolute Gasteiger partial charge is 0.329 e. The van der Waals surface area contributed by atoms with Gasteiger partial charge in [-0.3, -0.25) is 9.59 Å². The highest BCUT2D eigenvalue weighted by atomic mass is 16.1. The maximum Gasteiger partial charge on any atom is 0.251 e. The van der Waals surface area contributed by atoms with Gasteiger partial charge in [-0.2, -0.15) is 0 Å². The summed E-state index contributed by atoms with van der Waals surface area (Å²) in [7, 11) is 0. The van der Waals surface area contributed by atoms with Crippen LogP contribution in [0.25, 0.3) is 0 Å². The first-order valence-electron chi connectivity index (χ1n) is 7.51. The second-order valence-corrected chi connectivity index (χ2v) is 7.50. The fourth-order valence-electron chi connectivity index (χ4n) is 2.63. The van der Waals surface area contributed by atoms with E-state index in [-0.39, 0.29) is 21.9 Å². The Morgan fingerprint density at radius 2 is 1.64 bits per heavy atom. The van der Waals surface area contributed by atoms with Gasteiger partial charge >= 0.3 is 0 Å². The molecule has 0 bridgehead atoms. The molecule has 0 saturated carbocycles. The summed E-state index contributed by atoms with van der Waals surface area (Å²) in [5, 5.41) is 0. The van der Waals surface area contributed by atoms with E-state index in [1.165, 1.54) is 0 Å². The highest BCUT2D eigenvalue weighted by Gasteiger charge is 2.24. The molecule has 4 nitrogen and oxygen atoms in total. The predicted molar refractivity (Wildman–Crippen MR) is 89.6 cm³/mol. The average Bonchev–Trinajstić information content (AvgIpc) is 2.40. The number of hydrogen-bond donors (Lipinski definition) is 2. The minimum atomic E-state index is -0.189. The zero-order chi connectivity index (χ0) is 16.5. The first-order valence-corrected chi connectivity index (χ1v) is 7.51. The molecule has 0 fully saturated rings. The third kappa shape index (κ3) is 3.56. The van der Waals surface area contributed by atoms with Gasteiger partial charge in [0.15, 0.2) is 0 Å². The Morgan fingerprint density at radius 3 is 2.18 bits per heavy atom. The number of pyridine rings is 2. The third-order valence-corrected chi connectivity index (χ3v) is 3.98. The molecule has 0 amide bonds. The van der Waals surface area contributed by atoms with Crippen LogP contribution in [0.1, 0.15) is 51.3 Å². The van der Waals surface area contributed by atoms with Gasteiger partial charge in [0.25, 0.3) is 5.56 Å². The number of rotatable bonds is 3. The summed E-state index contributed by atoms with van der Waals surface area (Å²) >= 11 is 0. The average molecular weight is 300 g/mol. The molecule has 0 aromatic carbocycles. The lowest BCUT2D eigenvalue weighted by molar-refractivity contribution is 0.515. The molecule has 0 aliphatic heterocycles. The van der Waals surface area contributed by atoms with Crippen molar-refractivity contribution in [1.82, 2.24) is 9.97 Å². The van der Waals surface area contributed by atoms with Crippen molar-refractivity contribution in [3.8, 4) is 0 Å². The summed E-state index contributed by atoms with van der Waals surface area (Å²) in [5.74, 6) is 0. The van der Waals surface area contributed by atoms with Crippen molar-refractivity contribution in [3.05, 3.63) is 68.0 Å². The topological polar surface area (TPSA) is 65.7 Å². The fraction of sp³-hybridized carbons (Fsp3) is 0.444. The Balaban J connectivity index is 2.36. The molecule has 0 unspecified atom stereocenters. The van der Waals surface area contributed by atoms with Crippen LogP contribution in [0.5, 0.6) is 0 Å². The van der Waals surface area contributed by atoms with Crippen molar-refractivity contribution in [3.63, 3.8) is 0 Å². The molecular weight excluding hydrogens is 276 g/mol. The van der Waals surface area contributed by atoms with Crippen molar-refractivity contribution in [2.75, 3.05) is 0 Å². The minimum Gasteiger partial charge on any atom is -0.329 e. The predicted octanol–water partition coefficient (Wildman–Crippen LogP) is 2.88. The maximum absolute atomic E-state index is 12.0. The summed E-state index contributed by atoms with van der Waals surface area (Å²) in [6.45, 7) is 10.4. The Kier molecular flexibility index (Phi) is 4.14. The molecule has 2 heterocycles. The smallest absolute Gasteiger partial charge is 0.251 e. The molecule has 22 heavy (non-hydrogen) atoms. The summed E-state index contributed by atoms with van der Waals surface area (Å²) in [5.41, 5.74) is 2.49. The molecule has 4 heteroatoms. The molecule has 0 saturated heterocycles. The van der Waals surface area contributed by atoms with E-state index in [4.69, 9.17) is 0 Å². The quantitative estimate of drug-likeness (QED) is 0.915. The van der Waals surface area contributed by atoms with Gasteiger partial charge in [0.1, 0.15) is 0 Å². The van der Waals surface area contributed by atoms with Crippen molar-refractivity contribution < 1.29 is 0 Å². The highest BCUT2D eigenvalue weighted by molar-refractivity contribution is 5.29. The number of aromatic amines is 2. The van der Waals surface area contributed by atoms with Crippen LogP contribution in [0.2, 0.25) is 0 Å². The normalized spacial score (nSPS) is 12.4. The standard InChI is InChI=1S/C18H24N2O2/c1-17(2,3)14-8-12(10-20-16(14)22)9-18(4,5)13-6-7-15(21)19-11-13/h6-8,10-11H,9H2,1-5H3,(H,19,21)(H,20,22). The van der Waals surface area contributed by atoms with Gasteiger partial charge < -0.3 is 9.97 Å². The van der Waals surface area contributed by atoms with Crippen LogP contribution < -0.4 is 11.1 Å². The molecule has 0 atom stereocenters. The number of hydrogen-bond acceptors (Lipinski definition) is 2. The molecule has 2 N–H and O–H groups in total. The second-order valence-electron chi connectivity index (χ2n) is 7.50. The van der Waals surface area contributed by atoms with Crippen LogP contribution in [0.4, 0.5) is 0 Å². The summed E-state index contributed by atoms with van der Waals surface area (Å²) in [6, 6.07) is 5.39. The summed E-state index contributed by atoms with van der Waals surface area (Å²) in [4.78, 5) is 28.8. The van der Waals surface area contributed by atoms with E-state index in [2.05, 4.69) is 23.8 Å². The number of H-pyrrole nitrogens is 2. The van der Waals surface area contributed by atoms with Gasteiger partial charge in [0, 0.05) is 24.0 Å². The van der Waals surface area contributed by atoms with Crippen LogP contribution in [-0.4, -0.2) is 9.97 Å². The zero-order valence-corrected chi connectivity index (χ0v) is 13.9. The van der Waals surface area contributed by atoms with Gasteiger partial charge in [-0.25, -0.2) is 0 Å². The molecule has 0 radical (unpaired) electrons. The second kappa shape index (κ2) is 5.59. The molecule has 2 aromatic rings. The summed E-state index contributed by atoms with van der Waals surface area (Å²) in [6.07, 6.45) is 4.32. The van der Waals surface area contributed by atoms with Crippen LogP contribution in [0.3, 0.4) is 0 Å². The zero-order valence-electron chi connectivity index (χ0n) is 13.9. The molecule has 0 spiro atoms. The Hall–Kier alpha value is -2.10. The van der Waals surface area contributed by atoms with E-state index in [9.17, 15) is 9.59 Å². The molecule has 2 rings (SSSR count). The Labute approximate surface area is 130 Å². The van der Waals surface area contributed by atoms with Crippen LogP contribution >= 0.6 is 0 Å². The van der Waals surface area contributed by atoms with Gasteiger partial charge in [0.05, 0.1) is 0 Å². The lowest BCUT2D eigenvalue weighted by atomic mass is 9.79. The van der Waals surface area contributed by atoms with Crippen LogP contribution in [-0.2, 0) is 17.3 Å². The molecule has 2 aromatic heterocycles. The Bertz CT molecular complexity index is 756. The van der Waals surface area contributed by atoms with Crippen molar-refractivity contribution >= 4 is 0 Å². The van der Waals surface area contributed by atoms with Crippen molar-refractivity contribution in [2.24, 2.45) is 0 Å². The van der Waals surface area contributed by atoms with E-state index >= 15 is 0 Å². The van der Waals surface area contributed by atoms with E-state index in [0.29, 0.717) is 0 Å².